The Balaban J connectivity index is 2.31. The highest BCUT2D eigenvalue weighted by Crippen LogP contribution is 2.16. The summed E-state index contributed by atoms with van der Waals surface area (Å²) in [5.74, 6) is 1.21. The van der Waals surface area contributed by atoms with E-state index in [0.717, 1.165) is 16.9 Å². The van der Waals surface area contributed by atoms with Gasteiger partial charge in [0.05, 0.1) is 11.1 Å². The number of imidazole rings is 1. The number of para-hydroxylation sites is 1. The van der Waals surface area contributed by atoms with Crippen molar-refractivity contribution in [3.05, 3.63) is 29.6 Å². The van der Waals surface area contributed by atoms with E-state index in [2.05, 4.69) is 29.1 Å². The summed E-state index contributed by atoms with van der Waals surface area (Å²) in [5.41, 5.74) is 2.28. The second-order valence-corrected chi connectivity index (χ2v) is 4.63. The molecule has 0 unspecified atom stereocenters. The zero-order valence-electron chi connectivity index (χ0n) is 10.4. The van der Waals surface area contributed by atoms with Gasteiger partial charge in [0.15, 0.2) is 0 Å². The number of nitrogens with zero attached hydrogens (tertiary/aromatic N) is 1. The highest BCUT2D eigenvalue weighted by Gasteiger charge is 2.12. The van der Waals surface area contributed by atoms with Crippen molar-refractivity contribution >= 4 is 16.9 Å². The molecule has 1 heterocycles. The number of aromatic nitrogens is 2. The average Bonchev–Trinajstić information content (AvgIpc) is 2.65. The number of hydrogen-bond donors (Lipinski definition) is 2. The van der Waals surface area contributed by atoms with Gasteiger partial charge in [-0.1, -0.05) is 19.9 Å². The fourth-order valence-corrected chi connectivity index (χ4v) is 1.73. The molecule has 0 aliphatic heterocycles. The summed E-state index contributed by atoms with van der Waals surface area (Å²) in [6, 6.07) is 5.59. The summed E-state index contributed by atoms with van der Waals surface area (Å²) < 4.78 is 0. The van der Waals surface area contributed by atoms with Crippen molar-refractivity contribution in [3.8, 4) is 0 Å². The van der Waals surface area contributed by atoms with Crippen molar-refractivity contribution in [3.63, 3.8) is 0 Å². The molecule has 4 heteroatoms. The first-order valence-corrected chi connectivity index (χ1v) is 5.81. The van der Waals surface area contributed by atoms with Crippen LogP contribution in [-0.4, -0.2) is 22.4 Å². The number of aromatic amines is 1. The third-order valence-electron chi connectivity index (χ3n) is 2.55. The fourth-order valence-electron chi connectivity index (χ4n) is 1.73. The summed E-state index contributed by atoms with van der Waals surface area (Å²) >= 11 is 0. The quantitative estimate of drug-likeness (QED) is 0.851. The molecule has 2 rings (SSSR count). The molecular formula is C13H17N3O. The van der Waals surface area contributed by atoms with Gasteiger partial charge in [-0.3, -0.25) is 4.79 Å². The highest BCUT2D eigenvalue weighted by molar-refractivity contribution is 6.04. The lowest BCUT2D eigenvalue weighted by Gasteiger charge is -2.07. The van der Waals surface area contributed by atoms with Crippen molar-refractivity contribution in [2.75, 3.05) is 6.54 Å². The van der Waals surface area contributed by atoms with E-state index in [1.54, 1.807) is 6.07 Å². The van der Waals surface area contributed by atoms with Crippen molar-refractivity contribution in [1.29, 1.82) is 0 Å². The zero-order chi connectivity index (χ0) is 12.4. The maximum Gasteiger partial charge on any atom is 0.253 e. The predicted octanol–water partition coefficient (Wildman–Crippen LogP) is 2.26. The Bertz CT molecular complexity index is 543. The largest absolute Gasteiger partial charge is 0.352 e. The molecule has 0 spiro atoms. The molecule has 0 aliphatic rings. The number of aryl methyl sites for hydroxylation is 1. The molecular weight excluding hydrogens is 214 g/mol. The van der Waals surface area contributed by atoms with Crippen LogP contribution >= 0.6 is 0 Å². The molecule has 0 radical (unpaired) electrons. The molecule has 1 amide bonds. The van der Waals surface area contributed by atoms with Crippen LogP contribution in [0.1, 0.15) is 30.0 Å². The third kappa shape index (κ3) is 2.46. The highest BCUT2D eigenvalue weighted by atomic mass is 16.1. The van der Waals surface area contributed by atoms with Crippen LogP contribution in [0.4, 0.5) is 0 Å². The molecule has 0 atom stereocenters. The van der Waals surface area contributed by atoms with Crippen molar-refractivity contribution < 1.29 is 4.79 Å². The molecule has 2 N–H and O–H groups in total. The minimum Gasteiger partial charge on any atom is -0.352 e. The lowest BCUT2D eigenvalue weighted by atomic mass is 10.1. The fraction of sp³-hybridized carbons (Fsp3) is 0.385. The Labute approximate surface area is 100 Å². The van der Waals surface area contributed by atoms with E-state index in [-0.39, 0.29) is 5.91 Å². The summed E-state index contributed by atoms with van der Waals surface area (Å²) in [5, 5.41) is 2.91. The van der Waals surface area contributed by atoms with Gasteiger partial charge in [0.25, 0.3) is 5.91 Å². The first kappa shape index (κ1) is 11.6. The van der Waals surface area contributed by atoms with Gasteiger partial charge in [-0.05, 0) is 25.0 Å². The summed E-state index contributed by atoms with van der Waals surface area (Å²) in [6.07, 6.45) is 0. The SMILES string of the molecule is Cc1nc2c(C(=O)NCC(C)C)cccc2[nH]1. The van der Waals surface area contributed by atoms with E-state index in [9.17, 15) is 4.79 Å². The van der Waals surface area contributed by atoms with Gasteiger partial charge in [0, 0.05) is 6.54 Å². The van der Waals surface area contributed by atoms with Crippen molar-refractivity contribution in [2.24, 2.45) is 5.92 Å². The second-order valence-electron chi connectivity index (χ2n) is 4.63. The standard InChI is InChI=1S/C13H17N3O/c1-8(2)7-14-13(17)10-5-4-6-11-12(10)16-9(3)15-11/h4-6,8H,7H2,1-3H3,(H,14,17)(H,15,16). The van der Waals surface area contributed by atoms with E-state index in [4.69, 9.17) is 0 Å². The maximum absolute atomic E-state index is 12.0. The molecule has 17 heavy (non-hydrogen) atoms. The molecule has 0 saturated carbocycles. The summed E-state index contributed by atoms with van der Waals surface area (Å²) in [7, 11) is 0. The Morgan fingerprint density at radius 3 is 2.94 bits per heavy atom. The average molecular weight is 231 g/mol. The molecule has 0 aliphatic carbocycles. The van der Waals surface area contributed by atoms with Gasteiger partial charge >= 0.3 is 0 Å². The number of amides is 1. The first-order chi connectivity index (χ1) is 8.08. The van der Waals surface area contributed by atoms with Crippen LogP contribution in [0.15, 0.2) is 18.2 Å². The number of H-pyrrole nitrogens is 1. The minimum atomic E-state index is -0.0594. The zero-order valence-corrected chi connectivity index (χ0v) is 10.4. The molecule has 4 nitrogen and oxygen atoms in total. The van der Waals surface area contributed by atoms with E-state index >= 15 is 0 Å². The Morgan fingerprint density at radius 1 is 1.47 bits per heavy atom. The first-order valence-electron chi connectivity index (χ1n) is 5.81. The maximum atomic E-state index is 12.0. The smallest absolute Gasteiger partial charge is 0.253 e. The van der Waals surface area contributed by atoms with Crippen molar-refractivity contribution in [1.82, 2.24) is 15.3 Å². The topological polar surface area (TPSA) is 57.8 Å². The number of rotatable bonds is 3. The predicted molar refractivity (Wildman–Crippen MR) is 68.0 cm³/mol. The van der Waals surface area contributed by atoms with Gasteiger partial charge in [-0.15, -0.1) is 0 Å². The third-order valence-corrected chi connectivity index (χ3v) is 2.55. The summed E-state index contributed by atoms with van der Waals surface area (Å²) in [6.45, 7) is 6.70. The molecule has 0 fully saturated rings. The van der Waals surface area contributed by atoms with E-state index in [0.29, 0.717) is 18.0 Å². The van der Waals surface area contributed by atoms with Gasteiger partial charge in [0.2, 0.25) is 0 Å². The molecule has 1 aromatic heterocycles. The molecule has 90 valence electrons. The monoisotopic (exact) mass is 231 g/mol. The van der Waals surface area contributed by atoms with Crippen LogP contribution < -0.4 is 5.32 Å². The molecule has 0 saturated heterocycles. The van der Waals surface area contributed by atoms with Crippen LogP contribution in [0.5, 0.6) is 0 Å². The van der Waals surface area contributed by atoms with E-state index in [1.807, 2.05) is 19.1 Å². The minimum absolute atomic E-state index is 0.0594. The van der Waals surface area contributed by atoms with Crippen LogP contribution in [0.25, 0.3) is 11.0 Å². The van der Waals surface area contributed by atoms with Gasteiger partial charge < -0.3 is 10.3 Å². The Kier molecular flexibility index (Phi) is 3.13. The Morgan fingerprint density at radius 2 is 2.24 bits per heavy atom. The number of nitrogens with one attached hydrogen (secondary N) is 2. The molecule has 2 aromatic rings. The van der Waals surface area contributed by atoms with E-state index in [1.165, 1.54) is 0 Å². The normalized spacial score (nSPS) is 11.1. The van der Waals surface area contributed by atoms with Crippen LogP contribution in [0, 0.1) is 12.8 Å². The van der Waals surface area contributed by atoms with Gasteiger partial charge in [0.1, 0.15) is 11.3 Å². The Hall–Kier alpha value is -1.84. The number of carbonyl (C=O) groups is 1. The lowest BCUT2D eigenvalue weighted by molar-refractivity contribution is 0.0950. The van der Waals surface area contributed by atoms with Crippen LogP contribution in [0.2, 0.25) is 0 Å². The molecule has 0 bridgehead atoms. The lowest BCUT2D eigenvalue weighted by Crippen LogP contribution is -2.27. The number of carbonyl (C=O) groups excluding carboxylic acids is 1. The second kappa shape index (κ2) is 4.57. The van der Waals surface area contributed by atoms with E-state index < -0.39 is 0 Å². The van der Waals surface area contributed by atoms with Gasteiger partial charge in [-0.2, -0.15) is 0 Å². The number of benzene rings is 1. The van der Waals surface area contributed by atoms with Crippen LogP contribution in [0.3, 0.4) is 0 Å². The van der Waals surface area contributed by atoms with Crippen LogP contribution in [-0.2, 0) is 0 Å². The number of hydrogen-bond acceptors (Lipinski definition) is 2. The molecule has 1 aromatic carbocycles. The number of fused-ring (bicyclic) bond motifs is 1. The summed E-state index contributed by atoms with van der Waals surface area (Å²) in [4.78, 5) is 19.5. The van der Waals surface area contributed by atoms with Crippen molar-refractivity contribution in [2.45, 2.75) is 20.8 Å². The van der Waals surface area contributed by atoms with Gasteiger partial charge in [-0.25, -0.2) is 4.98 Å².